The molecular weight excluding hydrogens is 254 g/mol. The van der Waals surface area contributed by atoms with Crippen molar-refractivity contribution in [1.82, 2.24) is 19.9 Å². The number of aliphatic hydroxyl groups excluding tert-OH is 1. The molecule has 0 bridgehead atoms. The molecule has 0 aliphatic rings. The van der Waals surface area contributed by atoms with Crippen molar-refractivity contribution in [2.75, 3.05) is 5.73 Å². The summed E-state index contributed by atoms with van der Waals surface area (Å²) in [6.07, 6.45) is 2.62. The van der Waals surface area contributed by atoms with Crippen molar-refractivity contribution >= 4 is 5.82 Å². The van der Waals surface area contributed by atoms with Crippen LogP contribution in [0.5, 0.6) is 0 Å². The van der Waals surface area contributed by atoms with Gasteiger partial charge in [0.05, 0.1) is 6.61 Å². The number of aliphatic hydroxyl groups is 1. The van der Waals surface area contributed by atoms with Gasteiger partial charge in [0.1, 0.15) is 5.82 Å². The smallest absolute Gasteiger partial charge is 0.346 e. The maximum absolute atomic E-state index is 10.6. The molecule has 0 unspecified atom stereocenters. The molecule has 0 amide bonds. The first-order valence-electron chi connectivity index (χ1n) is 5.17. The van der Waals surface area contributed by atoms with Crippen LogP contribution in [0.2, 0.25) is 0 Å². The lowest BCUT2D eigenvalue weighted by Gasteiger charge is -1.97. The lowest BCUT2D eigenvalue weighted by Crippen LogP contribution is -2.22. The number of nitrogens with two attached hydrogens (primary N) is 1. The van der Waals surface area contributed by atoms with E-state index in [9.17, 15) is 14.4 Å². The van der Waals surface area contributed by atoms with Crippen LogP contribution < -0.4 is 22.7 Å². The Morgan fingerprint density at radius 3 is 2.47 bits per heavy atom. The van der Waals surface area contributed by atoms with E-state index in [1.807, 2.05) is 0 Å². The number of hydrogen-bond donors (Lipinski definition) is 5. The molecule has 19 heavy (non-hydrogen) atoms. The van der Waals surface area contributed by atoms with Gasteiger partial charge in [-0.25, -0.2) is 14.6 Å². The third kappa shape index (κ3) is 4.24. The fraction of sp³-hybridized carbons (Fsp3) is 0.200. The van der Waals surface area contributed by atoms with E-state index in [1.54, 1.807) is 6.92 Å². The van der Waals surface area contributed by atoms with Gasteiger partial charge >= 0.3 is 11.4 Å². The number of aromatic nitrogens is 4. The van der Waals surface area contributed by atoms with Gasteiger partial charge in [-0.3, -0.25) is 14.8 Å². The average molecular weight is 267 g/mol. The predicted octanol–water partition coefficient (Wildman–Crippen LogP) is -1.78. The minimum absolute atomic E-state index is 0.169. The number of rotatable bonds is 1. The van der Waals surface area contributed by atoms with Crippen molar-refractivity contribution in [3.63, 3.8) is 0 Å². The van der Waals surface area contributed by atoms with Crippen LogP contribution in [0, 0.1) is 6.92 Å². The topological polar surface area (TPSA) is 158 Å². The number of anilines is 1. The van der Waals surface area contributed by atoms with E-state index in [1.165, 1.54) is 12.4 Å². The van der Waals surface area contributed by atoms with Gasteiger partial charge in [-0.15, -0.1) is 0 Å². The minimum Gasteiger partial charge on any atom is -0.391 e. The van der Waals surface area contributed by atoms with Crippen LogP contribution in [0.15, 0.2) is 26.8 Å². The van der Waals surface area contributed by atoms with E-state index in [0.29, 0.717) is 11.1 Å². The molecule has 0 aromatic carbocycles. The van der Waals surface area contributed by atoms with E-state index in [2.05, 4.69) is 19.9 Å². The van der Waals surface area contributed by atoms with E-state index in [4.69, 9.17) is 10.8 Å². The van der Waals surface area contributed by atoms with Gasteiger partial charge in [0.15, 0.2) is 0 Å². The fourth-order valence-corrected chi connectivity index (χ4v) is 1.04. The summed E-state index contributed by atoms with van der Waals surface area (Å²) in [6, 6.07) is 0. The molecule has 0 radical (unpaired) electrons. The zero-order valence-corrected chi connectivity index (χ0v) is 10.1. The SMILES string of the molecule is Cc1c[nH]c(=O)[nH]c1=O.Nc1[nH]c(=O)ncc1CO. The third-order valence-electron chi connectivity index (χ3n) is 2.10. The molecule has 9 heteroatoms. The molecule has 0 aliphatic heterocycles. The Balaban J connectivity index is 0.000000191. The zero-order chi connectivity index (χ0) is 14.4. The molecule has 0 saturated heterocycles. The Kier molecular flexibility index (Phi) is 4.77. The van der Waals surface area contributed by atoms with Gasteiger partial charge in [-0.2, -0.15) is 0 Å². The summed E-state index contributed by atoms with van der Waals surface area (Å²) in [5.74, 6) is 0.169. The second kappa shape index (κ2) is 6.31. The summed E-state index contributed by atoms with van der Waals surface area (Å²) in [4.78, 5) is 41.3. The number of hydrogen-bond acceptors (Lipinski definition) is 6. The first kappa shape index (κ1) is 14.4. The zero-order valence-electron chi connectivity index (χ0n) is 10.1. The van der Waals surface area contributed by atoms with Gasteiger partial charge in [-0.1, -0.05) is 0 Å². The fourth-order valence-electron chi connectivity index (χ4n) is 1.04. The molecule has 6 N–H and O–H groups in total. The molecule has 102 valence electrons. The monoisotopic (exact) mass is 267 g/mol. The van der Waals surface area contributed by atoms with Crippen LogP contribution in [0.25, 0.3) is 0 Å². The maximum Gasteiger partial charge on any atom is 0.346 e. The Morgan fingerprint density at radius 2 is 2.00 bits per heavy atom. The van der Waals surface area contributed by atoms with Crippen molar-refractivity contribution in [2.24, 2.45) is 0 Å². The van der Waals surface area contributed by atoms with Gasteiger partial charge < -0.3 is 15.8 Å². The number of nitrogens with one attached hydrogen (secondary N) is 3. The molecule has 0 saturated carbocycles. The molecule has 0 spiro atoms. The van der Waals surface area contributed by atoms with Gasteiger partial charge in [-0.05, 0) is 6.92 Å². The Bertz CT molecular complexity index is 715. The number of nitrogens with zero attached hydrogens (tertiary/aromatic N) is 1. The van der Waals surface area contributed by atoms with Crippen molar-refractivity contribution in [2.45, 2.75) is 13.5 Å². The Hall–Kier alpha value is -2.68. The Morgan fingerprint density at radius 1 is 1.32 bits per heavy atom. The lowest BCUT2D eigenvalue weighted by atomic mass is 10.3. The van der Waals surface area contributed by atoms with Crippen LogP contribution in [0.4, 0.5) is 5.82 Å². The summed E-state index contributed by atoms with van der Waals surface area (Å²) in [5.41, 5.74) is 4.91. The maximum atomic E-state index is 10.6. The van der Waals surface area contributed by atoms with Crippen molar-refractivity contribution < 1.29 is 5.11 Å². The van der Waals surface area contributed by atoms with Crippen LogP contribution in [-0.2, 0) is 6.61 Å². The molecule has 2 rings (SSSR count). The van der Waals surface area contributed by atoms with Gasteiger partial charge in [0.2, 0.25) is 0 Å². The van der Waals surface area contributed by atoms with Gasteiger partial charge in [0, 0.05) is 23.5 Å². The first-order chi connectivity index (χ1) is 8.93. The lowest BCUT2D eigenvalue weighted by molar-refractivity contribution is 0.281. The summed E-state index contributed by atoms with van der Waals surface area (Å²) in [5, 5.41) is 8.57. The number of H-pyrrole nitrogens is 3. The second-order valence-electron chi connectivity index (χ2n) is 3.54. The highest BCUT2D eigenvalue weighted by Crippen LogP contribution is 2.00. The molecule has 0 aliphatic carbocycles. The molecule has 2 aromatic heterocycles. The predicted molar refractivity (Wildman–Crippen MR) is 67.6 cm³/mol. The van der Waals surface area contributed by atoms with Crippen LogP contribution >= 0.6 is 0 Å². The molecule has 0 atom stereocenters. The van der Waals surface area contributed by atoms with E-state index in [-0.39, 0.29) is 18.0 Å². The first-order valence-corrected chi connectivity index (χ1v) is 5.17. The molecular formula is C10H13N5O4. The Labute approximate surface area is 106 Å². The second-order valence-corrected chi connectivity index (χ2v) is 3.54. The summed E-state index contributed by atoms with van der Waals surface area (Å²) in [7, 11) is 0. The number of aromatic amines is 3. The van der Waals surface area contributed by atoms with Gasteiger partial charge in [0.25, 0.3) is 5.56 Å². The van der Waals surface area contributed by atoms with Crippen molar-refractivity contribution in [1.29, 1.82) is 0 Å². The highest BCUT2D eigenvalue weighted by atomic mass is 16.3. The highest BCUT2D eigenvalue weighted by molar-refractivity contribution is 5.35. The van der Waals surface area contributed by atoms with E-state index >= 15 is 0 Å². The number of nitrogen functional groups attached to an aromatic ring is 1. The van der Waals surface area contributed by atoms with Crippen LogP contribution in [-0.4, -0.2) is 25.0 Å². The molecule has 2 aromatic rings. The van der Waals surface area contributed by atoms with Crippen molar-refractivity contribution in [3.05, 3.63) is 54.8 Å². The van der Waals surface area contributed by atoms with Crippen LogP contribution in [0.3, 0.4) is 0 Å². The minimum atomic E-state index is -0.505. The molecule has 2 heterocycles. The van der Waals surface area contributed by atoms with E-state index < -0.39 is 11.4 Å². The summed E-state index contributed by atoms with van der Waals surface area (Å²) >= 11 is 0. The number of aryl methyl sites for hydroxylation is 1. The molecule has 0 fully saturated rings. The van der Waals surface area contributed by atoms with Crippen LogP contribution in [0.1, 0.15) is 11.1 Å². The normalized spacial score (nSPS) is 9.58. The standard InChI is InChI=1S/C5H7N3O2.C5H6N2O2/c6-4-3(2-9)1-7-5(10)8-4;1-3-2-6-5(9)7-4(3)8/h1,9H,2H2,(H3,6,7,8,10);2H,1H3,(H2,6,7,8,9). The highest BCUT2D eigenvalue weighted by Gasteiger charge is 1.96. The average Bonchev–Trinajstić information content (AvgIpc) is 2.35. The molecule has 9 nitrogen and oxygen atoms in total. The third-order valence-corrected chi connectivity index (χ3v) is 2.10. The summed E-state index contributed by atoms with van der Waals surface area (Å²) < 4.78 is 0. The van der Waals surface area contributed by atoms with Crippen molar-refractivity contribution in [3.8, 4) is 0 Å². The summed E-state index contributed by atoms with van der Waals surface area (Å²) in [6.45, 7) is 1.41. The largest absolute Gasteiger partial charge is 0.391 e. The van der Waals surface area contributed by atoms with E-state index in [0.717, 1.165) is 0 Å². The quantitative estimate of drug-likeness (QED) is 0.410.